The Kier molecular flexibility index (Phi) is 4.40. The van der Waals surface area contributed by atoms with Gasteiger partial charge in [0.1, 0.15) is 17.7 Å². The first-order valence-electron chi connectivity index (χ1n) is 8.41. The molecule has 0 saturated heterocycles. The normalized spacial score (nSPS) is 10.9. The van der Waals surface area contributed by atoms with E-state index in [0.717, 1.165) is 11.3 Å². The topological polar surface area (TPSA) is 104 Å². The molecule has 1 N–H and O–H groups in total. The number of hydrogen-bond donors (Lipinski definition) is 1. The molecule has 1 aromatic carbocycles. The van der Waals surface area contributed by atoms with Crippen molar-refractivity contribution < 1.29 is 19.4 Å². The van der Waals surface area contributed by atoms with Gasteiger partial charge in [0.25, 0.3) is 0 Å². The van der Waals surface area contributed by atoms with Gasteiger partial charge in [-0.2, -0.15) is 5.10 Å². The first-order chi connectivity index (χ1) is 13.6. The Labute approximate surface area is 159 Å². The number of fused-ring (bicyclic) bond motifs is 1. The number of aromatic carboxylic acids is 1. The van der Waals surface area contributed by atoms with E-state index in [0.29, 0.717) is 23.7 Å². The standard InChI is InChI=1S/C19H17N5O4/c1-27-14-7-6-13(16(19(25)26)17(14)28-2)18-20-8-9-23(18)10-12-4-3-5-15-21-11-22-24(12)15/h3-9,11H,10H2,1-2H3,(H,25,26). The largest absolute Gasteiger partial charge is 0.493 e. The number of carbonyl (C=O) groups is 1. The first kappa shape index (κ1) is 17.5. The molecule has 0 aliphatic carbocycles. The molecule has 0 aliphatic rings. The van der Waals surface area contributed by atoms with Crippen molar-refractivity contribution in [1.82, 2.24) is 24.1 Å². The highest BCUT2D eigenvalue weighted by atomic mass is 16.5. The molecule has 9 heteroatoms. The molecule has 0 spiro atoms. The van der Waals surface area contributed by atoms with Crippen molar-refractivity contribution in [3.63, 3.8) is 0 Å². The summed E-state index contributed by atoms with van der Waals surface area (Å²) in [6, 6.07) is 9.02. The van der Waals surface area contributed by atoms with Crippen molar-refractivity contribution in [2.45, 2.75) is 6.54 Å². The Morgan fingerprint density at radius 3 is 2.75 bits per heavy atom. The van der Waals surface area contributed by atoms with Crippen molar-refractivity contribution in [3.8, 4) is 22.9 Å². The van der Waals surface area contributed by atoms with Gasteiger partial charge in [-0.15, -0.1) is 0 Å². The fourth-order valence-corrected chi connectivity index (χ4v) is 3.20. The molecule has 0 radical (unpaired) electrons. The number of carboxylic acid groups (broad SMARTS) is 1. The summed E-state index contributed by atoms with van der Waals surface area (Å²) in [5.41, 5.74) is 2.04. The molecule has 0 bridgehead atoms. The second-order valence-corrected chi connectivity index (χ2v) is 5.95. The van der Waals surface area contributed by atoms with Gasteiger partial charge in [0.15, 0.2) is 17.1 Å². The molecule has 4 rings (SSSR count). The van der Waals surface area contributed by atoms with Crippen LogP contribution in [0.25, 0.3) is 17.0 Å². The zero-order chi connectivity index (χ0) is 19.7. The molecule has 28 heavy (non-hydrogen) atoms. The molecular formula is C19H17N5O4. The van der Waals surface area contributed by atoms with Gasteiger partial charge in [-0.05, 0) is 24.3 Å². The van der Waals surface area contributed by atoms with Gasteiger partial charge in [-0.1, -0.05) is 6.07 Å². The fraction of sp³-hybridized carbons (Fsp3) is 0.158. The first-order valence-corrected chi connectivity index (χ1v) is 8.41. The molecular weight excluding hydrogens is 362 g/mol. The molecule has 142 valence electrons. The van der Waals surface area contributed by atoms with Gasteiger partial charge in [-0.25, -0.2) is 19.3 Å². The minimum Gasteiger partial charge on any atom is -0.493 e. The highest BCUT2D eigenvalue weighted by molar-refractivity contribution is 5.99. The van der Waals surface area contributed by atoms with Crippen LogP contribution in [0, 0.1) is 0 Å². The molecule has 4 aromatic rings. The molecule has 3 heterocycles. The number of imidazole rings is 1. The molecule has 0 fully saturated rings. The Hall–Kier alpha value is -3.88. The summed E-state index contributed by atoms with van der Waals surface area (Å²) in [6.45, 7) is 0.434. The third-order valence-electron chi connectivity index (χ3n) is 4.43. The Morgan fingerprint density at radius 2 is 2.00 bits per heavy atom. The number of methoxy groups -OCH3 is 2. The molecule has 0 atom stereocenters. The SMILES string of the molecule is COc1ccc(-c2nccn2Cc2cccc3ncnn23)c(C(=O)O)c1OC. The van der Waals surface area contributed by atoms with Crippen molar-refractivity contribution >= 4 is 11.6 Å². The number of nitrogens with zero attached hydrogens (tertiary/aromatic N) is 5. The van der Waals surface area contributed by atoms with E-state index in [9.17, 15) is 9.90 Å². The van der Waals surface area contributed by atoms with Gasteiger partial charge in [0.2, 0.25) is 0 Å². The number of carboxylic acids is 1. The quantitative estimate of drug-likeness (QED) is 0.548. The van der Waals surface area contributed by atoms with Crippen LogP contribution >= 0.6 is 0 Å². The Balaban J connectivity index is 1.84. The van der Waals surface area contributed by atoms with Crippen LogP contribution in [0.4, 0.5) is 0 Å². The van der Waals surface area contributed by atoms with E-state index in [1.54, 1.807) is 29.0 Å². The molecule has 3 aromatic heterocycles. The average molecular weight is 379 g/mol. The molecule has 0 saturated carbocycles. The molecule has 0 aliphatic heterocycles. The lowest BCUT2D eigenvalue weighted by atomic mass is 10.0. The number of hydrogen-bond acceptors (Lipinski definition) is 6. The summed E-state index contributed by atoms with van der Waals surface area (Å²) in [5.74, 6) is -0.135. The van der Waals surface area contributed by atoms with E-state index in [-0.39, 0.29) is 11.3 Å². The van der Waals surface area contributed by atoms with Crippen LogP contribution in [0.1, 0.15) is 16.1 Å². The van der Waals surface area contributed by atoms with E-state index in [1.807, 2.05) is 22.8 Å². The summed E-state index contributed by atoms with van der Waals surface area (Å²) in [6.07, 6.45) is 4.90. The number of ether oxygens (including phenoxy) is 2. The van der Waals surface area contributed by atoms with E-state index >= 15 is 0 Å². The monoisotopic (exact) mass is 379 g/mol. The lowest BCUT2D eigenvalue weighted by Crippen LogP contribution is -2.10. The summed E-state index contributed by atoms with van der Waals surface area (Å²) >= 11 is 0. The van der Waals surface area contributed by atoms with Crippen molar-refractivity contribution in [1.29, 1.82) is 0 Å². The summed E-state index contributed by atoms with van der Waals surface area (Å²) in [7, 11) is 2.87. The highest BCUT2D eigenvalue weighted by Crippen LogP contribution is 2.37. The number of pyridine rings is 1. The number of aromatic nitrogens is 5. The number of benzene rings is 1. The molecule has 0 amide bonds. The van der Waals surface area contributed by atoms with Gasteiger partial charge in [-0.3, -0.25) is 0 Å². The van der Waals surface area contributed by atoms with Crippen molar-refractivity contribution in [2.24, 2.45) is 0 Å². The van der Waals surface area contributed by atoms with E-state index in [4.69, 9.17) is 9.47 Å². The van der Waals surface area contributed by atoms with Crippen LogP contribution in [0.5, 0.6) is 11.5 Å². The summed E-state index contributed by atoms with van der Waals surface area (Å²) in [5, 5.41) is 14.0. The van der Waals surface area contributed by atoms with Crippen LogP contribution in [0.15, 0.2) is 49.1 Å². The lowest BCUT2D eigenvalue weighted by molar-refractivity contribution is 0.0693. The minimum absolute atomic E-state index is 0.00624. The van der Waals surface area contributed by atoms with Crippen LogP contribution < -0.4 is 9.47 Å². The van der Waals surface area contributed by atoms with E-state index in [2.05, 4.69) is 15.1 Å². The maximum atomic E-state index is 12.0. The zero-order valence-electron chi connectivity index (χ0n) is 15.2. The molecule has 0 unspecified atom stereocenters. The Bertz CT molecular complexity index is 1160. The third-order valence-corrected chi connectivity index (χ3v) is 4.43. The summed E-state index contributed by atoms with van der Waals surface area (Å²) in [4.78, 5) is 20.5. The van der Waals surface area contributed by atoms with Crippen LogP contribution in [-0.2, 0) is 6.54 Å². The predicted molar refractivity (Wildman–Crippen MR) is 99.8 cm³/mol. The Morgan fingerprint density at radius 1 is 1.14 bits per heavy atom. The average Bonchev–Trinajstić information content (AvgIpc) is 3.36. The number of rotatable bonds is 6. The predicted octanol–water partition coefficient (Wildman–Crippen LogP) is 2.36. The van der Waals surface area contributed by atoms with E-state index < -0.39 is 5.97 Å². The van der Waals surface area contributed by atoms with Crippen LogP contribution in [-0.4, -0.2) is 49.4 Å². The lowest BCUT2D eigenvalue weighted by Gasteiger charge is -2.15. The van der Waals surface area contributed by atoms with Crippen LogP contribution in [0.3, 0.4) is 0 Å². The fourth-order valence-electron chi connectivity index (χ4n) is 3.20. The molecule has 9 nitrogen and oxygen atoms in total. The van der Waals surface area contributed by atoms with Crippen LogP contribution in [0.2, 0.25) is 0 Å². The zero-order valence-corrected chi connectivity index (χ0v) is 15.2. The van der Waals surface area contributed by atoms with E-state index in [1.165, 1.54) is 20.5 Å². The summed E-state index contributed by atoms with van der Waals surface area (Å²) < 4.78 is 14.1. The van der Waals surface area contributed by atoms with Gasteiger partial charge in [0.05, 0.1) is 26.5 Å². The third kappa shape index (κ3) is 2.82. The smallest absolute Gasteiger partial charge is 0.340 e. The maximum absolute atomic E-state index is 12.0. The van der Waals surface area contributed by atoms with Crippen molar-refractivity contribution in [3.05, 3.63) is 60.3 Å². The highest BCUT2D eigenvalue weighted by Gasteiger charge is 2.24. The minimum atomic E-state index is -1.13. The maximum Gasteiger partial charge on any atom is 0.340 e. The van der Waals surface area contributed by atoms with Crippen molar-refractivity contribution in [2.75, 3.05) is 14.2 Å². The van der Waals surface area contributed by atoms with Gasteiger partial charge >= 0.3 is 5.97 Å². The van der Waals surface area contributed by atoms with Gasteiger partial charge in [0, 0.05) is 18.0 Å². The second-order valence-electron chi connectivity index (χ2n) is 5.95. The second kappa shape index (κ2) is 7.03. The van der Waals surface area contributed by atoms with Gasteiger partial charge < -0.3 is 19.1 Å².